The van der Waals surface area contributed by atoms with E-state index in [0.717, 1.165) is 33.8 Å². The molecule has 0 aliphatic carbocycles. The lowest BCUT2D eigenvalue weighted by atomic mass is 10.0. The molecular formula is C22H25BrClN3O2. The molecular weight excluding hydrogens is 454 g/mol. The first-order valence-electron chi connectivity index (χ1n) is 9.65. The largest absolute Gasteiger partial charge is 0.368 e. The highest BCUT2D eigenvalue weighted by Crippen LogP contribution is 2.26. The van der Waals surface area contributed by atoms with Crippen molar-refractivity contribution in [3.05, 3.63) is 63.1 Å². The zero-order valence-electron chi connectivity index (χ0n) is 16.6. The van der Waals surface area contributed by atoms with Gasteiger partial charge in [0.1, 0.15) is 0 Å². The number of nitrogens with one attached hydrogen (secondary N) is 1. The summed E-state index contributed by atoms with van der Waals surface area (Å²) in [6, 6.07) is 13.3. The van der Waals surface area contributed by atoms with Gasteiger partial charge in [0.25, 0.3) is 0 Å². The maximum absolute atomic E-state index is 12.9. The van der Waals surface area contributed by atoms with E-state index in [-0.39, 0.29) is 24.3 Å². The van der Waals surface area contributed by atoms with E-state index in [1.54, 1.807) is 0 Å². The van der Waals surface area contributed by atoms with Crippen LogP contribution in [0.5, 0.6) is 0 Å². The van der Waals surface area contributed by atoms with Crippen LogP contribution in [-0.4, -0.2) is 42.9 Å². The van der Waals surface area contributed by atoms with Crippen LogP contribution in [0.25, 0.3) is 0 Å². The third kappa shape index (κ3) is 5.73. The molecule has 1 atom stereocenters. The summed E-state index contributed by atoms with van der Waals surface area (Å²) in [5, 5.41) is 3.63. The number of carbonyl (C=O) groups excluding carboxylic acids is 2. The first kappa shape index (κ1) is 21.7. The minimum Gasteiger partial charge on any atom is -0.368 e. The molecule has 0 saturated carbocycles. The molecule has 0 spiro atoms. The molecule has 1 fully saturated rings. The highest BCUT2D eigenvalue weighted by Gasteiger charge is 2.25. The molecule has 3 rings (SSSR count). The van der Waals surface area contributed by atoms with Gasteiger partial charge < -0.3 is 15.1 Å². The van der Waals surface area contributed by atoms with Gasteiger partial charge in [-0.2, -0.15) is 0 Å². The summed E-state index contributed by atoms with van der Waals surface area (Å²) in [7, 11) is 0. The number of rotatable bonds is 5. The second-order valence-electron chi connectivity index (χ2n) is 7.31. The molecule has 5 nitrogen and oxygen atoms in total. The quantitative estimate of drug-likeness (QED) is 0.696. The third-order valence-corrected chi connectivity index (χ3v) is 5.94. The first-order valence-corrected chi connectivity index (χ1v) is 10.8. The van der Waals surface area contributed by atoms with Crippen LogP contribution in [0.1, 0.15) is 30.5 Å². The minimum atomic E-state index is -0.332. The summed E-state index contributed by atoms with van der Waals surface area (Å²) in [4.78, 5) is 28.7. The van der Waals surface area contributed by atoms with E-state index in [1.807, 2.05) is 47.4 Å². The van der Waals surface area contributed by atoms with Gasteiger partial charge >= 0.3 is 0 Å². The SMILES string of the molecule is CC(=O)NC(CC(=O)N1CCN(c2cc(Cl)ccc2C)CC1)c1ccc(Br)cc1. The lowest BCUT2D eigenvalue weighted by Crippen LogP contribution is -2.49. The molecule has 1 unspecified atom stereocenters. The van der Waals surface area contributed by atoms with Crippen LogP contribution in [0.3, 0.4) is 0 Å². The van der Waals surface area contributed by atoms with Gasteiger partial charge in [-0.05, 0) is 42.3 Å². The van der Waals surface area contributed by atoms with E-state index in [1.165, 1.54) is 12.5 Å². The number of benzene rings is 2. The predicted octanol–water partition coefficient (Wildman–Crippen LogP) is 4.33. The third-order valence-electron chi connectivity index (χ3n) is 5.17. The zero-order valence-corrected chi connectivity index (χ0v) is 19.0. The number of aryl methyl sites for hydroxylation is 1. The molecule has 1 aliphatic rings. The smallest absolute Gasteiger partial charge is 0.225 e. The fourth-order valence-electron chi connectivity index (χ4n) is 3.62. The number of nitrogens with zero attached hydrogens (tertiary/aromatic N) is 2. The van der Waals surface area contributed by atoms with Gasteiger partial charge in [0.2, 0.25) is 11.8 Å². The lowest BCUT2D eigenvalue weighted by Gasteiger charge is -2.37. The number of hydrogen-bond donors (Lipinski definition) is 1. The van der Waals surface area contributed by atoms with Crippen molar-refractivity contribution in [2.75, 3.05) is 31.1 Å². The second-order valence-corrected chi connectivity index (χ2v) is 8.66. The van der Waals surface area contributed by atoms with Crippen LogP contribution in [0.4, 0.5) is 5.69 Å². The Morgan fingerprint density at radius 2 is 1.76 bits per heavy atom. The Balaban J connectivity index is 1.63. The van der Waals surface area contributed by atoms with Crippen LogP contribution in [0.2, 0.25) is 5.02 Å². The maximum atomic E-state index is 12.9. The Hall–Kier alpha value is -2.05. The average molecular weight is 479 g/mol. The van der Waals surface area contributed by atoms with Gasteiger partial charge in [0.15, 0.2) is 0 Å². The van der Waals surface area contributed by atoms with Gasteiger partial charge in [-0.25, -0.2) is 0 Å². The maximum Gasteiger partial charge on any atom is 0.225 e. The zero-order chi connectivity index (χ0) is 21.0. The standard InChI is InChI=1S/C22H25BrClN3O2/c1-15-3-8-19(24)13-21(15)26-9-11-27(12-10-26)22(29)14-20(25-16(2)28)17-4-6-18(23)7-5-17/h3-8,13,20H,9-12,14H2,1-2H3,(H,25,28). The van der Waals surface area contributed by atoms with Gasteiger partial charge in [-0.1, -0.05) is 45.7 Å². The molecule has 1 aliphatic heterocycles. The van der Waals surface area contributed by atoms with E-state index in [9.17, 15) is 9.59 Å². The number of piperazine rings is 1. The summed E-state index contributed by atoms with van der Waals surface area (Å²) >= 11 is 9.57. The van der Waals surface area contributed by atoms with E-state index >= 15 is 0 Å². The molecule has 1 saturated heterocycles. The molecule has 0 aromatic heterocycles. The number of anilines is 1. The molecule has 0 bridgehead atoms. The molecule has 1 heterocycles. The normalized spacial score (nSPS) is 15.2. The summed E-state index contributed by atoms with van der Waals surface area (Å²) in [6.45, 7) is 6.36. The van der Waals surface area contributed by atoms with E-state index in [0.29, 0.717) is 13.1 Å². The summed E-state index contributed by atoms with van der Waals surface area (Å²) in [5.74, 6) is -0.0962. The minimum absolute atomic E-state index is 0.0501. The number of halogens is 2. The van der Waals surface area contributed by atoms with Gasteiger partial charge in [-0.3, -0.25) is 9.59 Å². The molecule has 7 heteroatoms. The van der Waals surface area contributed by atoms with E-state index in [4.69, 9.17) is 11.6 Å². The van der Waals surface area contributed by atoms with Gasteiger partial charge in [-0.15, -0.1) is 0 Å². The van der Waals surface area contributed by atoms with Crippen LogP contribution >= 0.6 is 27.5 Å². The Morgan fingerprint density at radius 1 is 1.10 bits per heavy atom. The molecule has 154 valence electrons. The monoisotopic (exact) mass is 477 g/mol. The molecule has 29 heavy (non-hydrogen) atoms. The van der Waals surface area contributed by atoms with Crippen molar-refractivity contribution in [3.8, 4) is 0 Å². The van der Waals surface area contributed by atoms with E-state index < -0.39 is 0 Å². The highest BCUT2D eigenvalue weighted by molar-refractivity contribution is 9.10. The van der Waals surface area contributed by atoms with Crippen LogP contribution < -0.4 is 10.2 Å². The van der Waals surface area contributed by atoms with Gasteiger partial charge in [0, 0.05) is 48.3 Å². The number of amides is 2. The number of carbonyl (C=O) groups is 2. The van der Waals surface area contributed by atoms with Crippen LogP contribution in [0, 0.1) is 6.92 Å². The topological polar surface area (TPSA) is 52.7 Å². The van der Waals surface area contributed by atoms with Crippen LogP contribution in [0.15, 0.2) is 46.9 Å². The number of hydrogen-bond acceptors (Lipinski definition) is 3. The highest BCUT2D eigenvalue weighted by atomic mass is 79.9. The molecule has 2 aromatic carbocycles. The first-order chi connectivity index (χ1) is 13.8. The van der Waals surface area contributed by atoms with Gasteiger partial charge in [0.05, 0.1) is 12.5 Å². The van der Waals surface area contributed by atoms with Crippen molar-refractivity contribution in [1.29, 1.82) is 0 Å². The lowest BCUT2D eigenvalue weighted by molar-refractivity contribution is -0.132. The summed E-state index contributed by atoms with van der Waals surface area (Å²) in [5.41, 5.74) is 3.22. The Bertz CT molecular complexity index is 880. The predicted molar refractivity (Wildman–Crippen MR) is 120 cm³/mol. The Labute approximate surface area is 185 Å². The molecule has 2 aromatic rings. The van der Waals surface area contributed by atoms with Crippen molar-refractivity contribution in [2.45, 2.75) is 26.3 Å². The summed E-state index contributed by atoms with van der Waals surface area (Å²) < 4.78 is 0.960. The average Bonchev–Trinajstić information content (AvgIpc) is 2.69. The molecule has 0 radical (unpaired) electrons. The summed E-state index contributed by atoms with van der Waals surface area (Å²) in [6.07, 6.45) is 0.247. The fraction of sp³-hybridized carbons (Fsp3) is 0.364. The van der Waals surface area contributed by atoms with Crippen molar-refractivity contribution >= 4 is 45.0 Å². The second kappa shape index (κ2) is 9.63. The van der Waals surface area contributed by atoms with Crippen molar-refractivity contribution in [1.82, 2.24) is 10.2 Å². The Kier molecular flexibility index (Phi) is 7.19. The van der Waals surface area contributed by atoms with Crippen molar-refractivity contribution in [3.63, 3.8) is 0 Å². The Morgan fingerprint density at radius 3 is 2.38 bits per heavy atom. The fourth-order valence-corrected chi connectivity index (χ4v) is 4.05. The van der Waals surface area contributed by atoms with Crippen LogP contribution in [-0.2, 0) is 9.59 Å². The van der Waals surface area contributed by atoms with Crippen molar-refractivity contribution < 1.29 is 9.59 Å². The molecule has 1 N–H and O–H groups in total. The van der Waals surface area contributed by atoms with E-state index in [2.05, 4.69) is 33.1 Å². The van der Waals surface area contributed by atoms with Crippen molar-refractivity contribution in [2.24, 2.45) is 0 Å². The molecule has 2 amide bonds.